The van der Waals surface area contributed by atoms with E-state index in [1.165, 1.54) is 16.7 Å². The van der Waals surface area contributed by atoms with E-state index in [4.69, 9.17) is 0 Å². The van der Waals surface area contributed by atoms with Gasteiger partial charge < -0.3 is 9.88 Å². The van der Waals surface area contributed by atoms with Crippen molar-refractivity contribution in [2.45, 2.75) is 25.3 Å². The lowest BCUT2D eigenvalue weighted by Gasteiger charge is -2.32. The fourth-order valence-corrected chi connectivity index (χ4v) is 4.02. The van der Waals surface area contributed by atoms with Crippen LogP contribution < -0.4 is 4.90 Å². The minimum atomic E-state index is 0.383. The maximum atomic E-state index is 4.44. The third-order valence-electron chi connectivity index (χ3n) is 5.52. The van der Waals surface area contributed by atoms with E-state index in [0.717, 1.165) is 37.7 Å². The number of anilines is 1. The molecular weight excluding hydrogens is 362 g/mol. The molecule has 1 saturated heterocycles. The number of aromatic nitrogens is 6. The van der Waals surface area contributed by atoms with Crippen molar-refractivity contribution in [2.75, 3.05) is 18.0 Å². The molecule has 7 nitrogen and oxygen atoms in total. The van der Waals surface area contributed by atoms with Crippen molar-refractivity contribution in [3.8, 4) is 11.1 Å². The highest BCUT2D eigenvalue weighted by Crippen LogP contribution is 2.27. The van der Waals surface area contributed by atoms with Gasteiger partial charge in [-0.2, -0.15) is 0 Å². The van der Waals surface area contributed by atoms with Gasteiger partial charge in [-0.1, -0.05) is 59.7 Å². The van der Waals surface area contributed by atoms with E-state index in [9.17, 15) is 0 Å². The lowest BCUT2D eigenvalue weighted by molar-refractivity contribution is 0.480. The molecule has 0 unspecified atom stereocenters. The Morgan fingerprint density at radius 3 is 2.62 bits per heavy atom. The summed E-state index contributed by atoms with van der Waals surface area (Å²) in [5, 5.41) is 12.5. The van der Waals surface area contributed by atoms with Crippen molar-refractivity contribution >= 4 is 5.95 Å². The summed E-state index contributed by atoms with van der Waals surface area (Å²) in [4.78, 5) is 9.96. The van der Waals surface area contributed by atoms with Gasteiger partial charge in [-0.3, -0.25) is 0 Å². The van der Waals surface area contributed by atoms with Crippen LogP contribution in [0, 0.1) is 0 Å². The van der Waals surface area contributed by atoms with Gasteiger partial charge in [-0.25, -0.2) is 9.67 Å². The summed E-state index contributed by atoms with van der Waals surface area (Å²) in [6.45, 7) is 2.49. The van der Waals surface area contributed by atoms with Gasteiger partial charge in [0.1, 0.15) is 5.82 Å². The molecule has 1 aliphatic heterocycles. The number of hydrogen-bond acceptors (Lipinski definition) is 5. The molecule has 4 aromatic rings. The topological polar surface area (TPSA) is 75.5 Å². The molecular formula is C22H23N7. The highest BCUT2D eigenvalue weighted by molar-refractivity contribution is 5.63. The summed E-state index contributed by atoms with van der Waals surface area (Å²) >= 11 is 0. The Morgan fingerprint density at radius 2 is 1.83 bits per heavy atom. The van der Waals surface area contributed by atoms with Crippen molar-refractivity contribution in [1.82, 2.24) is 30.2 Å². The first kappa shape index (κ1) is 17.6. The Kier molecular flexibility index (Phi) is 4.78. The van der Waals surface area contributed by atoms with Crippen molar-refractivity contribution in [1.29, 1.82) is 0 Å². The zero-order valence-corrected chi connectivity index (χ0v) is 16.1. The number of nitrogens with one attached hydrogen (secondary N) is 1. The second-order valence-corrected chi connectivity index (χ2v) is 7.46. The van der Waals surface area contributed by atoms with Crippen molar-refractivity contribution in [2.24, 2.45) is 0 Å². The van der Waals surface area contributed by atoms with Crippen LogP contribution in [-0.4, -0.2) is 43.3 Å². The molecule has 0 spiro atoms. The van der Waals surface area contributed by atoms with Gasteiger partial charge in [0.05, 0.1) is 6.54 Å². The van der Waals surface area contributed by atoms with Crippen LogP contribution in [0.3, 0.4) is 0 Å². The number of benzene rings is 2. The van der Waals surface area contributed by atoms with Crippen molar-refractivity contribution < 1.29 is 0 Å². The molecule has 2 aromatic heterocycles. The fourth-order valence-electron chi connectivity index (χ4n) is 4.02. The van der Waals surface area contributed by atoms with Crippen LogP contribution >= 0.6 is 0 Å². The van der Waals surface area contributed by atoms with Crippen molar-refractivity contribution in [3.63, 3.8) is 0 Å². The quantitative estimate of drug-likeness (QED) is 0.569. The van der Waals surface area contributed by atoms with Gasteiger partial charge in [-0.15, -0.1) is 0 Å². The summed E-state index contributed by atoms with van der Waals surface area (Å²) in [5.74, 6) is 2.26. The van der Waals surface area contributed by atoms with E-state index in [-0.39, 0.29) is 0 Å². The van der Waals surface area contributed by atoms with Crippen LogP contribution in [0.25, 0.3) is 11.1 Å². The number of aromatic amines is 1. The van der Waals surface area contributed by atoms with E-state index in [0.29, 0.717) is 12.5 Å². The largest absolute Gasteiger partial charge is 0.348 e. The van der Waals surface area contributed by atoms with Gasteiger partial charge in [0.2, 0.25) is 5.95 Å². The van der Waals surface area contributed by atoms with Crippen LogP contribution in [-0.2, 0) is 6.54 Å². The highest BCUT2D eigenvalue weighted by Gasteiger charge is 2.26. The van der Waals surface area contributed by atoms with Gasteiger partial charge in [0.25, 0.3) is 0 Å². The second-order valence-electron chi connectivity index (χ2n) is 7.46. The van der Waals surface area contributed by atoms with E-state index >= 15 is 0 Å². The first-order valence-electron chi connectivity index (χ1n) is 10.0. The molecule has 2 aromatic carbocycles. The number of piperidine rings is 1. The number of imidazole rings is 1. The molecule has 146 valence electrons. The van der Waals surface area contributed by atoms with E-state index in [1.54, 1.807) is 0 Å². The minimum absolute atomic E-state index is 0.383. The molecule has 0 bridgehead atoms. The van der Waals surface area contributed by atoms with Crippen LogP contribution in [0.1, 0.15) is 30.1 Å². The summed E-state index contributed by atoms with van der Waals surface area (Å²) in [6.07, 6.45) is 5.94. The lowest BCUT2D eigenvalue weighted by Crippen LogP contribution is -2.36. The molecule has 3 heterocycles. The molecule has 7 heteroatoms. The summed E-state index contributed by atoms with van der Waals surface area (Å²) < 4.78 is 1.89. The Bertz CT molecular complexity index is 1040. The summed E-state index contributed by atoms with van der Waals surface area (Å²) in [5.41, 5.74) is 3.61. The number of tetrazole rings is 1. The SMILES string of the molecule is c1ccc(-c2ccc(Cn3nnnc3N3CCC[C@H](c4ncc[nH]4)C3)cc2)cc1. The predicted octanol–water partition coefficient (Wildman–Crippen LogP) is 3.50. The van der Waals surface area contributed by atoms with Gasteiger partial charge in [0.15, 0.2) is 0 Å². The van der Waals surface area contributed by atoms with E-state index < -0.39 is 0 Å². The Hall–Kier alpha value is -3.48. The van der Waals surface area contributed by atoms with Gasteiger partial charge in [0, 0.05) is 31.4 Å². The molecule has 1 fully saturated rings. The lowest BCUT2D eigenvalue weighted by atomic mass is 9.98. The molecule has 1 atom stereocenters. The molecule has 0 amide bonds. The number of hydrogen-bond donors (Lipinski definition) is 1. The zero-order valence-electron chi connectivity index (χ0n) is 16.1. The third-order valence-corrected chi connectivity index (χ3v) is 5.52. The first-order valence-corrected chi connectivity index (χ1v) is 10.0. The molecule has 29 heavy (non-hydrogen) atoms. The van der Waals surface area contributed by atoms with Crippen LogP contribution in [0.15, 0.2) is 67.0 Å². The average Bonchev–Trinajstić information content (AvgIpc) is 3.48. The summed E-state index contributed by atoms with van der Waals surface area (Å²) in [7, 11) is 0. The molecule has 1 aliphatic rings. The van der Waals surface area contributed by atoms with Gasteiger partial charge >= 0.3 is 0 Å². The normalized spacial score (nSPS) is 16.8. The Balaban J connectivity index is 1.31. The standard InChI is InChI=1S/C22H23N7/c1-2-5-18(6-3-1)19-10-8-17(9-11-19)15-29-22(25-26-27-29)28-14-4-7-20(16-28)21-23-12-13-24-21/h1-3,5-6,8-13,20H,4,7,14-16H2,(H,23,24)/t20-/m0/s1. The molecule has 5 rings (SSSR count). The van der Waals surface area contributed by atoms with Crippen LogP contribution in [0.2, 0.25) is 0 Å². The van der Waals surface area contributed by atoms with Crippen LogP contribution in [0.4, 0.5) is 5.95 Å². The monoisotopic (exact) mass is 385 g/mol. The molecule has 0 aliphatic carbocycles. The first-order chi connectivity index (χ1) is 14.4. The third kappa shape index (κ3) is 3.76. The van der Waals surface area contributed by atoms with E-state index in [2.05, 4.69) is 78.9 Å². The highest BCUT2D eigenvalue weighted by atomic mass is 15.6. The maximum Gasteiger partial charge on any atom is 0.245 e. The summed E-state index contributed by atoms with van der Waals surface area (Å²) in [6, 6.07) is 19.0. The van der Waals surface area contributed by atoms with Crippen LogP contribution in [0.5, 0.6) is 0 Å². The number of H-pyrrole nitrogens is 1. The smallest absolute Gasteiger partial charge is 0.245 e. The number of nitrogens with zero attached hydrogens (tertiary/aromatic N) is 6. The minimum Gasteiger partial charge on any atom is -0.348 e. The fraction of sp³-hybridized carbons (Fsp3) is 0.273. The Labute approximate surface area is 169 Å². The predicted molar refractivity (Wildman–Crippen MR) is 112 cm³/mol. The second kappa shape index (κ2) is 7.87. The Morgan fingerprint density at radius 1 is 1.00 bits per heavy atom. The average molecular weight is 385 g/mol. The molecule has 1 N–H and O–H groups in total. The van der Waals surface area contributed by atoms with Gasteiger partial charge in [-0.05, 0) is 40.0 Å². The maximum absolute atomic E-state index is 4.44. The zero-order chi connectivity index (χ0) is 19.5. The number of rotatable bonds is 5. The molecule has 0 saturated carbocycles. The van der Waals surface area contributed by atoms with E-state index in [1.807, 2.05) is 23.1 Å². The molecule has 0 radical (unpaired) electrons. The van der Waals surface area contributed by atoms with Crippen molar-refractivity contribution in [3.05, 3.63) is 78.4 Å².